The number of ketones is 1. The predicted molar refractivity (Wildman–Crippen MR) is 139 cm³/mol. The van der Waals surface area contributed by atoms with E-state index in [9.17, 15) is 55.9 Å². The average molecular weight is 632 g/mol. The molecule has 3 aliphatic heterocycles. The normalized spacial score (nSPS) is 42.9. The van der Waals surface area contributed by atoms with Crippen molar-refractivity contribution in [3.05, 3.63) is 35.4 Å². The molecule has 0 radical (unpaired) electrons. The zero-order chi connectivity index (χ0) is 32.3. The van der Waals surface area contributed by atoms with Crippen molar-refractivity contribution in [2.75, 3.05) is 19.8 Å². The molecular weight excluding hydrogens is 594 g/mol. The maximum atomic E-state index is 12.7. The maximum absolute atomic E-state index is 12.7. The number of rotatable bonds is 10. The number of hydrogen-bond acceptors (Lipinski definition) is 17. The molecule has 0 saturated carbocycles. The van der Waals surface area contributed by atoms with Crippen molar-refractivity contribution in [1.29, 1.82) is 5.26 Å². The van der Waals surface area contributed by atoms with Crippen LogP contribution in [0.1, 0.15) is 22.3 Å². The lowest BCUT2D eigenvalue weighted by atomic mass is 9.91. The number of Topliss-reactive ketones (excluding diaryl/α,β-unsaturated/α-hetero) is 1. The minimum absolute atomic E-state index is 0.219. The smallest absolute Gasteiger partial charge is 0.187 e. The van der Waals surface area contributed by atoms with Crippen LogP contribution in [0.2, 0.25) is 0 Å². The minimum Gasteiger partial charge on any atom is -0.394 e. The average Bonchev–Trinajstić information content (AvgIpc) is 3.03. The fraction of sp³-hybridized carbons (Fsp3) is 0.704. The summed E-state index contributed by atoms with van der Waals surface area (Å²) < 4.78 is 27.6. The van der Waals surface area contributed by atoms with Crippen LogP contribution in [-0.2, 0) is 23.7 Å². The van der Waals surface area contributed by atoms with Crippen LogP contribution >= 0.6 is 0 Å². The Morgan fingerprint density at radius 2 is 1.09 bits per heavy atom. The Hall–Kier alpha value is -2.22. The van der Waals surface area contributed by atoms with Gasteiger partial charge in [-0.15, -0.1) is 0 Å². The Bertz CT molecular complexity index is 1130. The number of benzene rings is 1. The highest BCUT2D eigenvalue weighted by Gasteiger charge is 2.53. The van der Waals surface area contributed by atoms with Gasteiger partial charge in [0, 0.05) is 12.0 Å². The third kappa shape index (κ3) is 7.10. The van der Waals surface area contributed by atoms with E-state index in [0.29, 0.717) is 5.56 Å². The Morgan fingerprint density at radius 1 is 0.636 bits per heavy atom. The molecule has 4 rings (SSSR count). The second-order valence-corrected chi connectivity index (χ2v) is 10.8. The molecule has 10 N–H and O–H groups in total. The second kappa shape index (κ2) is 14.9. The molecule has 6 unspecified atom stereocenters. The van der Waals surface area contributed by atoms with E-state index in [1.54, 1.807) is 0 Å². The predicted octanol–water partition coefficient (Wildman–Crippen LogP) is -5.38. The van der Waals surface area contributed by atoms with E-state index in [2.05, 4.69) is 0 Å². The summed E-state index contributed by atoms with van der Waals surface area (Å²) in [5, 5.41) is 112. The SMILES string of the molecule is N#Cc1ccc(C(=O)C[C@@H]2OC(CO)[C@@H](O[C@H]3OC(CO)[C@@H](O[C@H]4OC(CO)[C@@H](O)[C@H](O)C4O)[C@H](O)C3O)[C@H](O)C2O)cc1. The molecule has 0 aromatic heterocycles. The van der Waals surface area contributed by atoms with Crippen molar-refractivity contribution < 1.29 is 79.5 Å². The summed E-state index contributed by atoms with van der Waals surface area (Å²) >= 11 is 0. The minimum atomic E-state index is -1.95. The molecule has 17 nitrogen and oxygen atoms in total. The molecule has 0 amide bonds. The van der Waals surface area contributed by atoms with E-state index >= 15 is 0 Å². The van der Waals surface area contributed by atoms with Gasteiger partial charge in [0.15, 0.2) is 18.4 Å². The van der Waals surface area contributed by atoms with Gasteiger partial charge in [0.2, 0.25) is 0 Å². The van der Waals surface area contributed by atoms with Crippen molar-refractivity contribution >= 4 is 5.78 Å². The van der Waals surface area contributed by atoms with Crippen LogP contribution in [0.15, 0.2) is 24.3 Å². The van der Waals surface area contributed by atoms with Crippen LogP contribution in [0.3, 0.4) is 0 Å². The van der Waals surface area contributed by atoms with E-state index in [1.807, 2.05) is 6.07 Å². The molecule has 1 aromatic carbocycles. The fourth-order valence-electron chi connectivity index (χ4n) is 5.35. The van der Waals surface area contributed by atoms with Gasteiger partial charge in [0.25, 0.3) is 0 Å². The lowest BCUT2D eigenvalue weighted by Crippen LogP contribution is -2.66. The number of hydrogen-bond donors (Lipinski definition) is 10. The van der Waals surface area contributed by atoms with E-state index in [1.165, 1.54) is 24.3 Å². The molecule has 246 valence electrons. The van der Waals surface area contributed by atoms with Gasteiger partial charge in [-0.25, -0.2) is 0 Å². The fourth-order valence-corrected chi connectivity index (χ4v) is 5.35. The monoisotopic (exact) mass is 631 g/mol. The molecule has 3 fully saturated rings. The molecular formula is C27H37NO16. The van der Waals surface area contributed by atoms with Crippen molar-refractivity contribution in [2.45, 2.75) is 98.4 Å². The van der Waals surface area contributed by atoms with E-state index in [4.69, 9.17) is 28.9 Å². The first kappa shape index (κ1) is 34.6. The molecule has 15 atom stereocenters. The summed E-state index contributed by atoms with van der Waals surface area (Å²) in [7, 11) is 0. The molecule has 17 heteroatoms. The highest BCUT2D eigenvalue weighted by molar-refractivity contribution is 5.96. The van der Waals surface area contributed by atoms with Gasteiger partial charge in [-0.05, 0) is 12.1 Å². The van der Waals surface area contributed by atoms with Crippen LogP contribution in [0, 0.1) is 11.3 Å². The van der Waals surface area contributed by atoms with E-state index in [-0.39, 0.29) is 5.56 Å². The van der Waals surface area contributed by atoms with Crippen LogP contribution in [-0.4, -0.2) is 169 Å². The lowest BCUT2D eigenvalue weighted by molar-refractivity contribution is -0.372. The number of aliphatic hydroxyl groups excluding tert-OH is 10. The van der Waals surface area contributed by atoms with Gasteiger partial charge in [-0.2, -0.15) is 5.26 Å². The Labute approximate surface area is 250 Å². The van der Waals surface area contributed by atoms with Crippen LogP contribution in [0.5, 0.6) is 0 Å². The van der Waals surface area contributed by atoms with E-state index in [0.717, 1.165) is 0 Å². The highest BCUT2D eigenvalue weighted by atomic mass is 16.7. The van der Waals surface area contributed by atoms with Crippen molar-refractivity contribution in [2.24, 2.45) is 0 Å². The van der Waals surface area contributed by atoms with Gasteiger partial charge in [0.1, 0.15) is 73.2 Å². The molecule has 0 spiro atoms. The molecule has 0 aliphatic carbocycles. The Morgan fingerprint density at radius 3 is 1.61 bits per heavy atom. The number of carbonyl (C=O) groups is 1. The summed E-state index contributed by atoms with van der Waals surface area (Å²) in [5.41, 5.74) is 0.551. The second-order valence-electron chi connectivity index (χ2n) is 10.8. The number of aliphatic hydroxyl groups is 10. The first-order chi connectivity index (χ1) is 20.9. The Kier molecular flexibility index (Phi) is 11.7. The Balaban J connectivity index is 1.42. The summed E-state index contributed by atoms with van der Waals surface area (Å²) in [6.45, 7) is -2.38. The third-order valence-electron chi connectivity index (χ3n) is 7.94. The topological polar surface area (TPSA) is 289 Å². The van der Waals surface area contributed by atoms with Crippen molar-refractivity contribution in [3.8, 4) is 6.07 Å². The van der Waals surface area contributed by atoms with Gasteiger partial charge in [0.05, 0.1) is 37.6 Å². The van der Waals surface area contributed by atoms with Gasteiger partial charge in [-0.1, -0.05) is 12.1 Å². The summed E-state index contributed by atoms with van der Waals surface area (Å²) in [4.78, 5) is 12.7. The highest BCUT2D eigenvalue weighted by Crippen LogP contribution is 2.33. The number of carbonyl (C=O) groups excluding carboxylic acids is 1. The van der Waals surface area contributed by atoms with Crippen LogP contribution in [0.4, 0.5) is 0 Å². The third-order valence-corrected chi connectivity index (χ3v) is 7.94. The number of ether oxygens (including phenoxy) is 5. The van der Waals surface area contributed by atoms with Gasteiger partial charge < -0.3 is 74.7 Å². The van der Waals surface area contributed by atoms with Crippen LogP contribution in [0.25, 0.3) is 0 Å². The molecule has 1 aromatic rings. The quantitative estimate of drug-likeness (QED) is 0.108. The number of nitrogens with zero attached hydrogens (tertiary/aromatic N) is 1. The maximum Gasteiger partial charge on any atom is 0.187 e. The van der Waals surface area contributed by atoms with Gasteiger partial charge >= 0.3 is 0 Å². The largest absolute Gasteiger partial charge is 0.394 e. The molecule has 3 saturated heterocycles. The molecule has 0 bridgehead atoms. The summed E-state index contributed by atoms with van der Waals surface area (Å²) in [6.07, 6.45) is -25.3. The van der Waals surface area contributed by atoms with Crippen molar-refractivity contribution in [3.63, 3.8) is 0 Å². The molecule has 44 heavy (non-hydrogen) atoms. The standard InChI is InChI=1S/C27H37NO16/c28-6-10-1-3-11(4-2-10)12(32)5-13-17(33)20(36)24(15(8-30)40-13)43-27-23(39)21(37)25(16(9-31)42-27)44-26-22(38)19(35)18(34)14(7-29)41-26/h1-4,13-27,29-31,33-39H,5,7-9H2/t13-,14?,15?,16?,17?,18+,19-,20+,21+,22?,23?,24+,25+,26+,27+/m0/s1. The van der Waals surface area contributed by atoms with Gasteiger partial charge in [-0.3, -0.25) is 4.79 Å². The summed E-state index contributed by atoms with van der Waals surface area (Å²) in [6, 6.07) is 7.63. The van der Waals surface area contributed by atoms with Crippen molar-refractivity contribution in [1.82, 2.24) is 0 Å². The zero-order valence-corrected chi connectivity index (χ0v) is 23.2. The van der Waals surface area contributed by atoms with E-state index < -0.39 is 124 Å². The molecule has 3 heterocycles. The number of nitriles is 1. The van der Waals surface area contributed by atoms with Crippen LogP contribution < -0.4 is 0 Å². The lowest BCUT2D eigenvalue weighted by Gasteiger charge is -2.48. The first-order valence-electron chi connectivity index (χ1n) is 13.8. The first-order valence-corrected chi connectivity index (χ1v) is 13.8. The molecule has 3 aliphatic rings. The zero-order valence-electron chi connectivity index (χ0n) is 23.2. The summed E-state index contributed by atoms with van der Waals surface area (Å²) in [5.74, 6) is -0.479.